The van der Waals surface area contributed by atoms with Gasteiger partial charge in [-0.1, -0.05) is 48.9 Å². The molecule has 0 saturated carbocycles. The molecule has 0 N–H and O–H groups in total. The zero-order valence-electron chi connectivity index (χ0n) is 10.9. The van der Waals surface area contributed by atoms with E-state index in [0.717, 1.165) is 11.1 Å². The second-order valence-corrected chi connectivity index (χ2v) is 4.59. The molecule has 0 aliphatic carbocycles. The van der Waals surface area contributed by atoms with Gasteiger partial charge in [-0.3, -0.25) is 0 Å². The highest BCUT2D eigenvalue weighted by Gasteiger charge is 2.33. The van der Waals surface area contributed by atoms with Crippen molar-refractivity contribution >= 4 is 0 Å². The van der Waals surface area contributed by atoms with Crippen LogP contribution in [0, 0.1) is 6.92 Å². The van der Waals surface area contributed by atoms with E-state index in [-0.39, 0.29) is 0 Å². The lowest BCUT2D eigenvalue weighted by atomic mass is 9.97. The first-order chi connectivity index (χ1) is 8.91. The van der Waals surface area contributed by atoms with Crippen LogP contribution in [0.15, 0.2) is 42.5 Å². The van der Waals surface area contributed by atoms with E-state index in [1.54, 1.807) is 19.1 Å². The molecule has 0 atom stereocenters. The van der Waals surface area contributed by atoms with Crippen LogP contribution in [0.2, 0.25) is 0 Å². The Kier molecular flexibility index (Phi) is 3.65. The first-order valence-corrected chi connectivity index (χ1v) is 6.19. The van der Waals surface area contributed by atoms with E-state index >= 15 is 0 Å². The first-order valence-electron chi connectivity index (χ1n) is 6.19. The van der Waals surface area contributed by atoms with Crippen molar-refractivity contribution in [3.63, 3.8) is 0 Å². The molecule has 0 spiro atoms. The van der Waals surface area contributed by atoms with Crippen LogP contribution >= 0.6 is 0 Å². The number of rotatable bonds is 2. The van der Waals surface area contributed by atoms with Crippen molar-refractivity contribution < 1.29 is 13.2 Å². The van der Waals surface area contributed by atoms with Crippen molar-refractivity contribution in [2.45, 2.75) is 26.4 Å². The highest BCUT2D eigenvalue weighted by Crippen LogP contribution is 2.35. The molecule has 0 radical (unpaired) electrons. The van der Waals surface area contributed by atoms with Gasteiger partial charge in [0, 0.05) is 0 Å². The summed E-state index contributed by atoms with van der Waals surface area (Å²) in [7, 11) is 0. The van der Waals surface area contributed by atoms with Crippen LogP contribution < -0.4 is 0 Å². The minimum absolute atomic E-state index is 0.336. The molecule has 2 aromatic rings. The van der Waals surface area contributed by atoms with E-state index in [2.05, 4.69) is 0 Å². The standard InChI is InChI=1S/C16H15F3/c1-3-12-8-9-14(10-15(12)16(17,18)19)13-6-4-11(2)5-7-13/h4-10H,3H2,1-2H3. The molecule has 19 heavy (non-hydrogen) atoms. The maximum absolute atomic E-state index is 13.0. The molecule has 0 saturated heterocycles. The molecule has 0 bridgehead atoms. The van der Waals surface area contributed by atoms with Crippen molar-refractivity contribution in [2.24, 2.45) is 0 Å². The minimum atomic E-state index is -4.30. The van der Waals surface area contributed by atoms with E-state index in [9.17, 15) is 13.2 Å². The molecule has 0 heterocycles. The first kappa shape index (κ1) is 13.7. The molecule has 0 amide bonds. The molecule has 0 aromatic heterocycles. The predicted molar refractivity (Wildman–Crippen MR) is 71.0 cm³/mol. The van der Waals surface area contributed by atoms with Crippen LogP contribution in [0.5, 0.6) is 0 Å². The van der Waals surface area contributed by atoms with Gasteiger partial charge in [0.2, 0.25) is 0 Å². The molecule has 0 nitrogen and oxygen atoms in total. The monoisotopic (exact) mass is 264 g/mol. The Hall–Kier alpha value is -1.77. The fourth-order valence-electron chi connectivity index (χ4n) is 2.07. The molecular weight excluding hydrogens is 249 g/mol. The molecule has 0 unspecified atom stereocenters. The van der Waals surface area contributed by atoms with Crippen LogP contribution in [-0.2, 0) is 12.6 Å². The third-order valence-electron chi connectivity index (χ3n) is 3.18. The summed E-state index contributed by atoms with van der Waals surface area (Å²) in [6.07, 6.45) is -3.92. The van der Waals surface area contributed by atoms with Crippen LogP contribution in [0.1, 0.15) is 23.6 Å². The normalized spacial score (nSPS) is 11.6. The Balaban J connectivity index is 2.52. The van der Waals surface area contributed by atoms with E-state index in [0.29, 0.717) is 17.5 Å². The fraction of sp³-hybridized carbons (Fsp3) is 0.250. The number of hydrogen-bond donors (Lipinski definition) is 0. The minimum Gasteiger partial charge on any atom is -0.166 e. The summed E-state index contributed by atoms with van der Waals surface area (Å²) in [6, 6.07) is 12.0. The zero-order chi connectivity index (χ0) is 14.0. The topological polar surface area (TPSA) is 0 Å². The number of hydrogen-bond acceptors (Lipinski definition) is 0. The third-order valence-corrected chi connectivity index (χ3v) is 3.18. The summed E-state index contributed by atoms with van der Waals surface area (Å²) in [5.41, 5.74) is 2.30. The average molecular weight is 264 g/mol. The summed E-state index contributed by atoms with van der Waals surface area (Å²) < 4.78 is 39.0. The van der Waals surface area contributed by atoms with Gasteiger partial charge in [-0.05, 0) is 36.1 Å². The van der Waals surface area contributed by atoms with E-state index in [4.69, 9.17) is 0 Å². The number of alkyl halides is 3. The van der Waals surface area contributed by atoms with Crippen LogP contribution in [0.4, 0.5) is 13.2 Å². The summed E-state index contributed by atoms with van der Waals surface area (Å²) in [5.74, 6) is 0. The summed E-state index contributed by atoms with van der Waals surface area (Å²) in [4.78, 5) is 0. The molecule has 0 aliphatic rings. The Morgan fingerprint density at radius 2 is 1.47 bits per heavy atom. The highest BCUT2D eigenvalue weighted by molar-refractivity contribution is 5.65. The van der Waals surface area contributed by atoms with Gasteiger partial charge < -0.3 is 0 Å². The zero-order valence-corrected chi connectivity index (χ0v) is 10.9. The van der Waals surface area contributed by atoms with Crippen molar-refractivity contribution in [3.8, 4) is 11.1 Å². The lowest BCUT2D eigenvalue weighted by Gasteiger charge is -2.13. The van der Waals surface area contributed by atoms with Gasteiger partial charge >= 0.3 is 6.18 Å². The third kappa shape index (κ3) is 2.98. The van der Waals surface area contributed by atoms with Crippen LogP contribution in [0.3, 0.4) is 0 Å². The van der Waals surface area contributed by atoms with Crippen LogP contribution in [0.25, 0.3) is 11.1 Å². The van der Waals surface area contributed by atoms with Crippen molar-refractivity contribution in [1.29, 1.82) is 0 Å². The van der Waals surface area contributed by atoms with Gasteiger partial charge in [-0.25, -0.2) is 0 Å². The van der Waals surface area contributed by atoms with Crippen molar-refractivity contribution in [3.05, 3.63) is 59.2 Å². The summed E-state index contributed by atoms with van der Waals surface area (Å²) in [6.45, 7) is 3.68. The van der Waals surface area contributed by atoms with E-state index in [1.807, 2.05) is 31.2 Å². The molecular formula is C16H15F3. The van der Waals surface area contributed by atoms with Crippen LogP contribution in [-0.4, -0.2) is 0 Å². The highest BCUT2D eigenvalue weighted by atomic mass is 19.4. The van der Waals surface area contributed by atoms with Gasteiger partial charge in [-0.15, -0.1) is 0 Å². The second-order valence-electron chi connectivity index (χ2n) is 4.59. The summed E-state index contributed by atoms with van der Waals surface area (Å²) in [5, 5.41) is 0. The second kappa shape index (κ2) is 5.08. The quantitative estimate of drug-likeness (QED) is 0.695. The van der Waals surface area contributed by atoms with Crippen molar-refractivity contribution in [1.82, 2.24) is 0 Å². The maximum Gasteiger partial charge on any atom is 0.416 e. The van der Waals surface area contributed by atoms with Gasteiger partial charge in [0.05, 0.1) is 5.56 Å². The average Bonchev–Trinajstić information content (AvgIpc) is 2.38. The fourth-order valence-corrected chi connectivity index (χ4v) is 2.07. The van der Waals surface area contributed by atoms with Gasteiger partial charge in [-0.2, -0.15) is 13.2 Å². The molecule has 2 rings (SSSR count). The molecule has 2 aromatic carbocycles. The Labute approximate surface area is 110 Å². The molecule has 0 aliphatic heterocycles. The smallest absolute Gasteiger partial charge is 0.166 e. The number of benzene rings is 2. The Bertz CT molecular complexity index is 566. The number of halogens is 3. The Morgan fingerprint density at radius 3 is 2.00 bits per heavy atom. The van der Waals surface area contributed by atoms with Gasteiger partial charge in [0.1, 0.15) is 0 Å². The Morgan fingerprint density at radius 1 is 0.895 bits per heavy atom. The molecule has 100 valence electrons. The lowest BCUT2D eigenvalue weighted by molar-refractivity contribution is -0.138. The maximum atomic E-state index is 13.0. The largest absolute Gasteiger partial charge is 0.416 e. The molecule has 3 heteroatoms. The molecule has 0 fully saturated rings. The van der Waals surface area contributed by atoms with E-state index in [1.165, 1.54) is 6.07 Å². The van der Waals surface area contributed by atoms with Crippen molar-refractivity contribution in [2.75, 3.05) is 0 Å². The lowest BCUT2D eigenvalue weighted by Crippen LogP contribution is -2.09. The predicted octanol–water partition coefficient (Wildman–Crippen LogP) is 5.24. The number of aryl methyl sites for hydroxylation is 2. The van der Waals surface area contributed by atoms with Gasteiger partial charge in [0.15, 0.2) is 0 Å². The SMILES string of the molecule is CCc1ccc(-c2ccc(C)cc2)cc1C(F)(F)F. The van der Waals surface area contributed by atoms with Gasteiger partial charge in [0.25, 0.3) is 0 Å². The summed E-state index contributed by atoms with van der Waals surface area (Å²) >= 11 is 0. The van der Waals surface area contributed by atoms with E-state index < -0.39 is 11.7 Å².